The van der Waals surface area contributed by atoms with Crippen LogP contribution in [0.1, 0.15) is 2.85 Å². The molecule has 0 rings (SSSR count). The van der Waals surface area contributed by atoms with Crippen LogP contribution in [-0.4, -0.2) is 18.3 Å². The zero-order valence-corrected chi connectivity index (χ0v) is 12.8. The van der Waals surface area contributed by atoms with Crippen LogP contribution >= 0.6 is 0 Å². The van der Waals surface area contributed by atoms with E-state index < -0.39 is 18.3 Å². The largest absolute Gasteiger partial charge is 1.00 e. The number of rotatable bonds is 0. The van der Waals surface area contributed by atoms with E-state index in [0.717, 1.165) is 0 Å². The standard InChI is InChI=1S/C3F8.2K.2H/c4-1(5,2(6,7)8)3(9,10)11;;;;/q;2*+1;2*-1. The Morgan fingerprint density at radius 2 is 0.692 bits per heavy atom. The number of alkyl halides is 8. The molecule has 0 aromatic carbocycles. The minimum Gasteiger partial charge on any atom is -1.00 e. The first-order valence-electron chi connectivity index (χ1n) is 2.01. The van der Waals surface area contributed by atoms with Gasteiger partial charge in [-0.1, -0.05) is 0 Å². The molecule has 13 heavy (non-hydrogen) atoms. The molecule has 0 N–H and O–H groups in total. The third-order valence-electron chi connectivity index (χ3n) is 0.712. The van der Waals surface area contributed by atoms with Crippen LogP contribution in [0.4, 0.5) is 35.1 Å². The summed E-state index contributed by atoms with van der Waals surface area (Å²) in [5.74, 6) is -6.62. The van der Waals surface area contributed by atoms with Gasteiger partial charge in [-0.05, 0) is 0 Å². The van der Waals surface area contributed by atoms with Crippen LogP contribution in [0.3, 0.4) is 0 Å². The van der Waals surface area contributed by atoms with Crippen LogP contribution in [0.2, 0.25) is 0 Å². The van der Waals surface area contributed by atoms with Gasteiger partial charge in [0.2, 0.25) is 0 Å². The third-order valence-corrected chi connectivity index (χ3v) is 0.712. The first kappa shape index (κ1) is 21.0. The molecule has 0 spiro atoms. The summed E-state index contributed by atoms with van der Waals surface area (Å²) in [6.45, 7) is 0. The number of hydrogen-bond acceptors (Lipinski definition) is 0. The van der Waals surface area contributed by atoms with Gasteiger partial charge in [0.15, 0.2) is 0 Å². The molecule has 0 nitrogen and oxygen atoms in total. The van der Waals surface area contributed by atoms with Gasteiger partial charge in [-0.3, -0.25) is 0 Å². The van der Waals surface area contributed by atoms with E-state index in [-0.39, 0.29) is 106 Å². The summed E-state index contributed by atoms with van der Waals surface area (Å²) in [6.07, 6.45) is -13.2. The van der Waals surface area contributed by atoms with Gasteiger partial charge in [0, 0.05) is 0 Å². The smallest absolute Gasteiger partial charge is 1.00 e. The molecule has 0 aromatic rings. The maximum Gasteiger partial charge on any atom is 1.00 e. The van der Waals surface area contributed by atoms with Gasteiger partial charge in [-0.15, -0.1) is 0 Å². The van der Waals surface area contributed by atoms with Crippen molar-refractivity contribution in [2.75, 3.05) is 0 Å². The van der Waals surface area contributed by atoms with E-state index in [0.29, 0.717) is 0 Å². The molecular formula is C3H2F8K2. The fourth-order valence-corrected chi connectivity index (χ4v) is 0.161. The van der Waals surface area contributed by atoms with E-state index in [1.165, 1.54) is 0 Å². The molecule has 0 aromatic heterocycles. The van der Waals surface area contributed by atoms with Crippen LogP contribution in [0.5, 0.6) is 0 Å². The Labute approximate surface area is 156 Å². The molecule has 0 fully saturated rings. The number of hydrogen-bond donors (Lipinski definition) is 0. The SMILES string of the molecule is FC(F)(F)C(F)(F)C(F)(F)F.[H-].[H-].[K+].[K+]. The molecule has 0 saturated carbocycles. The van der Waals surface area contributed by atoms with E-state index in [2.05, 4.69) is 0 Å². The Morgan fingerprint density at radius 3 is 0.692 bits per heavy atom. The van der Waals surface area contributed by atoms with Gasteiger partial charge in [0.05, 0.1) is 0 Å². The van der Waals surface area contributed by atoms with Gasteiger partial charge >= 0.3 is 121 Å². The second-order valence-corrected chi connectivity index (χ2v) is 1.57. The average Bonchev–Trinajstić information content (AvgIpc) is 1.58. The van der Waals surface area contributed by atoms with Crippen LogP contribution in [0, 0.1) is 0 Å². The van der Waals surface area contributed by atoms with Crippen molar-refractivity contribution in [2.45, 2.75) is 18.3 Å². The predicted octanol–water partition coefficient (Wildman–Crippen LogP) is -3.02. The zero-order valence-electron chi connectivity index (χ0n) is 8.52. The summed E-state index contributed by atoms with van der Waals surface area (Å²) in [4.78, 5) is 0. The predicted molar refractivity (Wildman–Crippen MR) is 19.3 cm³/mol. The van der Waals surface area contributed by atoms with Gasteiger partial charge < -0.3 is 2.85 Å². The van der Waals surface area contributed by atoms with E-state index in [1.807, 2.05) is 0 Å². The Kier molecular flexibility index (Phi) is 10.4. The zero-order chi connectivity index (χ0) is 9.50. The van der Waals surface area contributed by atoms with Crippen molar-refractivity contribution >= 4 is 0 Å². The van der Waals surface area contributed by atoms with Crippen LogP contribution in [-0.2, 0) is 0 Å². The molecule has 0 heterocycles. The molecule has 0 saturated heterocycles. The Balaban J connectivity index is -0.0000000833. The monoisotopic (exact) mass is 268 g/mol. The van der Waals surface area contributed by atoms with Gasteiger partial charge in [0.1, 0.15) is 0 Å². The summed E-state index contributed by atoms with van der Waals surface area (Å²) in [5, 5.41) is 0. The van der Waals surface area contributed by atoms with Gasteiger partial charge in [-0.25, -0.2) is 0 Å². The summed E-state index contributed by atoms with van der Waals surface area (Å²) in [7, 11) is 0. The molecule has 0 atom stereocenters. The fraction of sp³-hybridized carbons (Fsp3) is 1.00. The molecule has 0 aliphatic carbocycles. The average molecular weight is 268 g/mol. The van der Waals surface area contributed by atoms with Crippen molar-refractivity contribution in [2.24, 2.45) is 0 Å². The number of halogens is 8. The summed E-state index contributed by atoms with van der Waals surface area (Å²) < 4.78 is 87.5. The topological polar surface area (TPSA) is 0 Å². The van der Waals surface area contributed by atoms with Crippen molar-refractivity contribution < 1.29 is 141 Å². The van der Waals surface area contributed by atoms with Crippen molar-refractivity contribution in [3.05, 3.63) is 0 Å². The fourth-order valence-electron chi connectivity index (χ4n) is 0.161. The second kappa shape index (κ2) is 6.45. The van der Waals surface area contributed by atoms with Crippen molar-refractivity contribution in [3.63, 3.8) is 0 Å². The quantitative estimate of drug-likeness (QED) is 0.324. The third kappa shape index (κ3) is 5.54. The van der Waals surface area contributed by atoms with E-state index >= 15 is 0 Å². The van der Waals surface area contributed by atoms with Crippen molar-refractivity contribution in [1.29, 1.82) is 0 Å². The van der Waals surface area contributed by atoms with Crippen LogP contribution in [0.15, 0.2) is 0 Å². The van der Waals surface area contributed by atoms with Gasteiger partial charge in [0.25, 0.3) is 0 Å². The van der Waals surface area contributed by atoms with E-state index in [1.54, 1.807) is 0 Å². The normalized spacial score (nSPS) is 12.9. The minimum atomic E-state index is -6.62. The van der Waals surface area contributed by atoms with Crippen molar-refractivity contribution in [3.8, 4) is 0 Å². The molecule has 0 amide bonds. The van der Waals surface area contributed by atoms with Crippen LogP contribution < -0.4 is 103 Å². The Bertz CT molecular complexity index is 137. The summed E-state index contributed by atoms with van der Waals surface area (Å²) >= 11 is 0. The summed E-state index contributed by atoms with van der Waals surface area (Å²) in [6, 6.07) is 0. The molecular weight excluding hydrogens is 266 g/mol. The Hall–Kier alpha value is 2.71. The van der Waals surface area contributed by atoms with Gasteiger partial charge in [-0.2, -0.15) is 35.1 Å². The second-order valence-electron chi connectivity index (χ2n) is 1.57. The van der Waals surface area contributed by atoms with E-state index in [4.69, 9.17) is 0 Å². The van der Waals surface area contributed by atoms with Crippen LogP contribution in [0.25, 0.3) is 0 Å². The molecule has 72 valence electrons. The molecule has 0 radical (unpaired) electrons. The maximum absolute atomic E-state index is 11.2. The van der Waals surface area contributed by atoms with Crippen molar-refractivity contribution in [1.82, 2.24) is 0 Å². The molecule has 0 aliphatic rings. The molecule has 10 heteroatoms. The molecule has 0 aliphatic heterocycles. The first-order valence-corrected chi connectivity index (χ1v) is 2.01. The first-order chi connectivity index (χ1) is 4.50. The molecule has 0 unspecified atom stereocenters. The van der Waals surface area contributed by atoms with E-state index in [9.17, 15) is 35.1 Å². The summed E-state index contributed by atoms with van der Waals surface area (Å²) in [5.41, 5.74) is 0. The minimum absolute atomic E-state index is 0. The Morgan fingerprint density at radius 1 is 0.538 bits per heavy atom. The molecule has 0 bridgehead atoms. The maximum atomic E-state index is 11.2.